The Morgan fingerprint density at radius 1 is 1.26 bits per heavy atom. The van der Waals surface area contributed by atoms with Crippen LogP contribution in [0.2, 0.25) is 0 Å². The standard InChI is InChI=1S/C16H22F2O/c1-16(2)8-4-3-5-12(16)15(19)10-11-6-7-13(17)14(18)9-11/h6-7,9,12,15,19H,3-5,8,10H2,1-2H3. The third-order valence-corrected chi connectivity index (χ3v) is 4.48. The van der Waals surface area contributed by atoms with Gasteiger partial charge in [0.25, 0.3) is 0 Å². The minimum atomic E-state index is -0.840. The van der Waals surface area contributed by atoms with Gasteiger partial charge in [-0.05, 0) is 48.3 Å². The fourth-order valence-corrected chi connectivity index (χ4v) is 3.28. The topological polar surface area (TPSA) is 20.2 Å². The molecule has 0 radical (unpaired) electrons. The van der Waals surface area contributed by atoms with Crippen molar-refractivity contribution in [3.63, 3.8) is 0 Å². The number of aliphatic hydroxyl groups excluding tert-OH is 1. The Hall–Kier alpha value is -0.960. The SMILES string of the molecule is CC1(C)CCCCC1C(O)Cc1ccc(F)c(F)c1. The summed E-state index contributed by atoms with van der Waals surface area (Å²) in [6, 6.07) is 3.87. The van der Waals surface area contributed by atoms with E-state index in [0.717, 1.165) is 25.3 Å². The van der Waals surface area contributed by atoms with Crippen molar-refractivity contribution in [2.24, 2.45) is 11.3 Å². The van der Waals surface area contributed by atoms with Gasteiger partial charge in [0.15, 0.2) is 11.6 Å². The molecular weight excluding hydrogens is 246 g/mol. The van der Waals surface area contributed by atoms with Crippen molar-refractivity contribution in [1.82, 2.24) is 0 Å². The number of hydrogen-bond acceptors (Lipinski definition) is 1. The van der Waals surface area contributed by atoms with Crippen LogP contribution in [0.1, 0.15) is 45.1 Å². The van der Waals surface area contributed by atoms with Gasteiger partial charge < -0.3 is 5.11 Å². The average Bonchev–Trinajstić information content (AvgIpc) is 2.33. The van der Waals surface area contributed by atoms with Gasteiger partial charge in [0, 0.05) is 0 Å². The predicted octanol–water partition coefficient (Wildman–Crippen LogP) is 4.08. The maximum Gasteiger partial charge on any atom is 0.159 e. The highest BCUT2D eigenvalue weighted by Crippen LogP contribution is 2.42. The summed E-state index contributed by atoms with van der Waals surface area (Å²) in [5.74, 6) is -1.45. The molecule has 19 heavy (non-hydrogen) atoms. The molecule has 3 heteroatoms. The summed E-state index contributed by atoms with van der Waals surface area (Å²) < 4.78 is 26.0. The first kappa shape index (κ1) is 14.4. The molecule has 1 aromatic carbocycles. The second kappa shape index (κ2) is 5.58. The number of hydrogen-bond donors (Lipinski definition) is 1. The normalized spacial score (nSPS) is 24.2. The molecule has 1 aliphatic rings. The fraction of sp³-hybridized carbons (Fsp3) is 0.625. The van der Waals surface area contributed by atoms with Crippen LogP contribution >= 0.6 is 0 Å². The summed E-state index contributed by atoms with van der Waals surface area (Å²) in [5.41, 5.74) is 0.781. The zero-order valence-electron chi connectivity index (χ0n) is 11.6. The van der Waals surface area contributed by atoms with E-state index in [1.54, 1.807) is 6.07 Å². The van der Waals surface area contributed by atoms with Gasteiger partial charge in [-0.25, -0.2) is 8.78 Å². The van der Waals surface area contributed by atoms with Crippen LogP contribution < -0.4 is 0 Å². The van der Waals surface area contributed by atoms with Gasteiger partial charge in [0.1, 0.15) is 0 Å². The van der Waals surface area contributed by atoms with E-state index >= 15 is 0 Å². The monoisotopic (exact) mass is 268 g/mol. The van der Waals surface area contributed by atoms with Gasteiger partial charge in [0.2, 0.25) is 0 Å². The Bertz CT molecular complexity index is 442. The minimum Gasteiger partial charge on any atom is -0.392 e. The molecule has 0 aliphatic heterocycles. The first-order valence-corrected chi connectivity index (χ1v) is 7.02. The lowest BCUT2D eigenvalue weighted by atomic mass is 9.66. The zero-order chi connectivity index (χ0) is 14.0. The van der Waals surface area contributed by atoms with E-state index in [1.807, 2.05) is 0 Å². The predicted molar refractivity (Wildman–Crippen MR) is 71.8 cm³/mol. The van der Waals surface area contributed by atoms with Crippen molar-refractivity contribution in [2.75, 3.05) is 0 Å². The van der Waals surface area contributed by atoms with E-state index in [0.29, 0.717) is 12.0 Å². The van der Waals surface area contributed by atoms with Crippen LogP contribution in [0.4, 0.5) is 8.78 Å². The number of aliphatic hydroxyl groups is 1. The molecule has 0 spiro atoms. The minimum absolute atomic E-state index is 0.121. The maximum absolute atomic E-state index is 13.2. The molecule has 0 bridgehead atoms. The van der Waals surface area contributed by atoms with E-state index in [2.05, 4.69) is 13.8 Å². The molecule has 0 aromatic heterocycles. The summed E-state index contributed by atoms with van der Waals surface area (Å²) in [7, 11) is 0. The smallest absolute Gasteiger partial charge is 0.159 e. The molecule has 2 atom stereocenters. The largest absolute Gasteiger partial charge is 0.392 e. The molecule has 1 fully saturated rings. The van der Waals surface area contributed by atoms with Gasteiger partial charge in [0.05, 0.1) is 6.10 Å². The Balaban J connectivity index is 2.07. The molecule has 0 amide bonds. The molecule has 1 saturated carbocycles. The average molecular weight is 268 g/mol. The third-order valence-electron chi connectivity index (χ3n) is 4.48. The third kappa shape index (κ3) is 3.33. The fourth-order valence-electron chi connectivity index (χ4n) is 3.28. The second-order valence-corrected chi connectivity index (χ2v) is 6.36. The second-order valence-electron chi connectivity index (χ2n) is 6.36. The van der Waals surface area contributed by atoms with E-state index < -0.39 is 17.7 Å². The molecule has 106 valence electrons. The lowest BCUT2D eigenvalue weighted by Crippen LogP contribution is -2.37. The van der Waals surface area contributed by atoms with Crippen LogP contribution in [0.5, 0.6) is 0 Å². The van der Waals surface area contributed by atoms with Crippen LogP contribution in [0, 0.1) is 23.0 Å². The molecule has 0 heterocycles. The first-order chi connectivity index (χ1) is 8.90. The van der Waals surface area contributed by atoms with Crippen molar-refractivity contribution < 1.29 is 13.9 Å². The quantitative estimate of drug-likeness (QED) is 0.875. The molecule has 0 saturated heterocycles. The molecular formula is C16H22F2O. The van der Waals surface area contributed by atoms with Crippen molar-refractivity contribution in [3.05, 3.63) is 35.4 Å². The first-order valence-electron chi connectivity index (χ1n) is 7.02. The van der Waals surface area contributed by atoms with Gasteiger partial charge in [-0.1, -0.05) is 32.8 Å². The molecule has 1 aliphatic carbocycles. The lowest BCUT2D eigenvalue weighted by molar-refractivity contribution is 0.00576. The van der Waals surface area contributed by atoms with E-state index in [1.165, 1.54) is 12.5 Å². The van der Waals surface area contributed by atoms with E-state index in [9.17, 15) is 13.9 Å². The number of rotatable bonds is 3. The molecule has 1 aromatic rings. The van der Waals surface area contributed by atoms with Crippen LogP contribution in [0.25, 0.3) is 0 Å². The van der Waals surface area contributed by atoms with Gasteiger partial charge in [-0.15, -0.1) is 0 Å². The highest BCUT2D eigenvalue weighted by molar-refractivity contribution is 5.18. The van der Waals surface area contributed by atoms with Crippen molar-refractivity contribution in [1.29, 1.82) is 0 Å². The summed E-state index contributed by atoms with van der Waals surface area (Å²) in [6.07, 6.45) is 4.39. The number of benzene rings is 1. The molecule has 1 nitrogen and oxygen atoms in total. The van der Waals surface area contributed by atoms with Crippen molar-refractivity contribution in [2.45, 2.75) is 52.1 Å². The van der Waals surface area contributed by atoms with Crippen molar-refractivity contribution >= 4 is 0 Å². The van der Waals surface area contributed by atoms with Crippen molar-refractivity contribution in [3.8, 4) is 0 Å². The molecule has 1 N–H and O–H groups in total. The Kier molecular flexibility index (Phi) is 4.24. The molecule has 2 rings (SSSR count). The Labute approximate surface area is 113 Å². The summed E-state index contributed by atoms with van der Waals surface area (Å²) >= 11 is 0. The van der Waals surface area contributed by atoms with Crippen LogP contribution in [0.3, 0.4) is 0 Å². The summed E-state index contributed by atoms with van der Waals surface area (Å²) in [6.45, 7) is 4.37. The highest BCUT2D eigenvalue weighted by atomic mass is 19.2. The van der Waals surface area contributed by atoms with Gasteiger partial charge in [-0.2, -0.15) is 0 Å². The lowest BCUT2D eigenvalue weighted by Gasteiger charge is -2.41. The Morgan fingerprint density at radius 3 is 2.63 bits per heavy atom. The zero-order valence-corrected chi connectivity index (χ0v) is 11.6. The van der Waals surface area contributed by atoms with Crippen LogP contribution in [0.15, 0.2) is 18.2 Å². The summed E-state index contributed by atoms with van der Waals surface area (Å²) in [4.78, 5) is 0. The van der Waals surface area contributed by atoms with E-state index in [4.69, 9.17) is 0 Å². The maximum atomic E-state index is 13.2. The van der Waals surface area contributed by atoms with E-state index in [-0.39, 0.29) is 11.3 Å². The number of halogens is 2. The van der Waals surface area contributed by atoms with Crippen LogP contribution in [-0.2, 0) is 6.42 Å². The summed E-state index contributed by atoms with van der Waals surface area (Å²) in [5, 5.41) is 10.4. The Morgan fingerprint density at radius 2 is 2.00 bits per heavy atom. The van der Waals surface area contributed by atoms with Gasteiger partial charge >= 0.3 is 0 Å². The van der Waals surface area contributed by atoms with Crippen LogP contribution in [-0.4, -0.2) is 11.2 Å². The molecule has 2 unspecified atom stereocenters. The highest BCUT2D eigenvalue weighted by Gasteiger charge is 2.36. The van der Waals surface area contributed by atoms with Gasteiger partial charge in [-0.3, -0.25) is 0 Å².